The van der Waals surface area contributed by atoms with Crippen LogP contribution in [0.15, 0.2) is 53.1 Å². The number of hydrogen-bond acceptors (Lipinski definition) is 5. The van der Waals surface area contributed by atoms with E-state index in [0.29, 0.717) is 36.0 Å². The average Bonchev–Trinajstić information content (AvgIpc) is 2.80. The molecule has 0 radical (unpaired) electrons. The first-order valence-corrected chi connectivity index (χ1v) is 11.2. The molecular weight excluding hydrogens is 425 g/mol. The van der Waals surface area contributed by atoms with E-state index in [1.54, 1.807) is 13.0 Å². The molecule has 0 amide bonds. The van der Waals surface area contributed by atoms with E-state index < -0.39 is 11.7 Å². The Labute approximate surface area is 192 Å². The summed E-state index contributed by atoms with van der Waals surface area (Å²) in [6, 6.07) is 9.45. The summed E-state index contributed by atoms with van der Waals surface area (Å²) in [6.07, 6.45) is 6.72. The number of allylic oxidation sites excluding steroid dienone is 4. The van der Waals surface area contributed by atoms with Crippen LogP contribution in [0.1, 0.15) is 45.2 Å². The van der Waals surface area contributed by atoms with Crippen molar-refractivity contribution in [2.24, 2.45) is 11.8 Å². The fourth-order valence-electron chi connectivity index (χ4n) is 4.17. The number of aliphatic carboxylic acids is 1. The van der Waals surface area contributed by atoms with Crippen molar-refractivity contribution >= 4 is 11.5 Å². The third-order valence-corrected chi connectivity index (χ3v) is 5.84. The van der Waals surface area contributed by atoms with E-state index in [1.165, 1.54) is 17.7 Å². The topological polar surface area (TPSA) is 94.3 Å². The van der Waals surface area contributed by atoms with Gasteiger partial charge in [-0.1, -0.05) is 36.4 Å². The van der Waals surface area contributed by atoms with Gasteiger partial charge in [0.25, 0.3) is 0 Å². The molecule has 1 fully saturated rings. The van der Waals surface area contributed by atoms with Crippen molar-refractivity contribution < 1.29 is 19.0 Å². The van der Waals surface area contributed by atoms with Gasteiger partial charge in [-0.2, -0.15) is 10.1 Å². The fraction of sp³-hybridized carbons (Fsp3) is 0.440. The summed E-state index contributed by atoms with van der Waals surface area (Å²) in [4.78, 5) is 27.7. The van der Waals surface area contributed by atoms with Gasteiger partial charge in [0.1, 0.15) is 18.0 Å². The highest BCUT2D eigenvalue weighted by atomic mass is 19.1. The van der Waals surface area contributed by atoms with Crippen molar-refractivity contribution in [2.75, 3.05) is 13.2 Å². The van der Waals surface area contributed by atoms with E-state index >= 15 is 0 Å². The first-order valence-electron chi connectivity index (χ1n) is 11.2. The second kappa shape index (κ2) is 11.7. The molecule has 0 bridgehead atoms. The molecule has 0 spiro atoms. The number of rotatable bonds is 9. The molecule has 33 heavy (non-hydrogen) atoms. The van der Waals surface area contributed by atoms with Gasteiger partial charge in [0.2, 0.25) is 0 Å². The van der Waals surface area contributed by atoms with Crippen LogP contribution < -0.4 is 5.69 Å². The maximum atomic E-state index is 13.6. The van der Waals surface area contributed by atoms with Crippen LogP contribution in [0.25, 0.3) is 16.8 Å². The molecule has 1 aromatic heterocycles. The van der Waals surface area contributed by atoms with Crippen LogP contribution in [0.3, 0.4) is 0 Å². The van der Waals surface area contributed by atoms with Gasteiger partial charge < -0.3 is 9.84 Å². The van der Waals surface area contributed by atoms with Gasteiger partial charge in [0.05, 0.1) is 12.4 Å². The predicted molar refractivity (Wildman–Crippen MR) is 124 cm³/mol. The number of aromatic nitrogens is 3. The Morgan fingerprint density at radius 3 is 2.48 bits per heavy atom. The summed E-state index contributed by atoms with van der Waals surface area (Å²) in [5, 5.41) is 13.4. The first kappa shape index (κ1) is 24.5. The Hall–Kier alpha value is -3.13. The molecule has 0 saturated heterocycles. The predicted octanol–water partition coefficient (Wildman–Crippen LogP) is 4.49. The molecule has 1 aromatic carbocycles. The summed E-state index contributed by atoms with van der Waals surface area (Å²) in [5.74, 6) is -0.732. The summed E-state index contributed by atoms with van der Waals surface area (Å²) >= 11 is 0. The Morgan fingerprint density at radius 1 is 1.21 bits per heavy atom. The number of carboxylic acid groups (broad SMARTS) is 1. The molecule has 0 atom stereocenters. The standard InChI is InChI=1S/C25H30FN3O4/c1-3-20(13-17(2)26)23-24(21-7-5-4-6-8-21)28-29(25(32)27-23)14-18-9-11-19(12-10-18)15-33-16-22(30)31/h3-8,13,18-19H,9-12,14-16H2,1-2H3,(H,30,31). The van der Waals surface area contributed by atoms with Crippen LogP contribution in [0.5, 0.6) is 0 Å². The average molecular weight is 456 g/mol. The van der Waals surface area contributed by atoms with Crippen LogP contribution >= 0.6 is 0 Å². The van der Waals surface area contributed by atoms with Crippen molar-refractivity contribution in [3.63, 3.8) is 0 Å². The van der Waals surface area contributed by atoms with Crippen LogP contribution in [0.4, 0.5) is 4.39 Å². The molecular formula is C25H30FN3O4. The molecule has 1 aliphatic carbocycles. The minimum Gasteiger partial charge on any atom is -0.480 e. The molecule has 1 aliphatic rings. The Bertz CT molecular complexity index is 1070. The van der Waals surface area contributed by atoms with E-state index in [0.717, 1.165) is 31.2 Å². The van der Waals surface area contributed by atoms with Crippen LogP contribution in [0, 0.1) is 11.8 Å². The minimum absolute atomic E-state index is 0.273. The summed E-state index contributed by atoms with van der Waals surface area (Å²) < 4.78 is 20.3. The molecule has 8 heteroatoms. The lowest BCUT2D eigenvalue weighted by Gasteiger charge is -2.28. The SMILES string of the molecule is CC=C(C=C(C)F)c1nc(=O)n(CC2CCC(COCC(=O)O)CC2)nc1-c1ccccc1. The third-order valence-electron chi connectivity index (χ3n) is 5.84. The van der Waals surface area contributed by atoms with Crippen LogP contribution in [-0.4, -0.2) is 39.1 Å². The lowest BCUT2D eigenvalue weighted by Crippen LogP contribution is -2.32. The number of hydrogen-bond donors (Lipinski definition) is 1. The molecule has 1 heterocycles. The molecule has 1 saturated carbocycles. The van der Waals surface area contributed by atoms with Gasteiger partial charge in [-0.25, -0.2) is 18.7 Å². The molecule has 7 nitrogen and oxygen atoms in total. The summed E-state index contributed by atoms with van der Waals surface area (Å²) in [7, 11) is 0. The second-order valence-corrected chi connectivity index (χ2v) is 8.41. The molecule has 176 valence electrons. The highest BCUT2D eigenvalue weighted by molar-refractivity contribution is 5.81. The quantitative estimate of drug-likeness (QED) is 0.560. The zero-order valence-corrected chi connectivity index (χ0v) is 19.0. The maximum Gasteiger partial charge on any atom is 0.364 e. The van der Waals surface area contributed by atoms with Crippen molar-refractivity contribution in [1.29, 1.82) is 0 Å². The number of nitrogens with zero attached hydrogens (tertiary/aromatic N) is 3. The minimum atomic E-state index is -0.961. The monoisotopic (exact) mass is 455 g/mol. The fourth-order valence-corrected chi connectivity index (χ4v) is 4.17. The number of carboxylic acids is 1. The molecule has 3 rings (SSSR count). The van der Waals surface area contributed by atoms with Gasteiger partial charge in [-0.15, -0.1) is 0 Å². The van der Waals surface area contributed by atoms with Crippen molar-refractivity contribution in [2.45, 2.75) is 46.1 Å². The first-order chi connectivity index (χ1) is 15.9. The molecule has 0 unspecified atom stereocenters. The van der Waals surface area contributed by atoms with E-state index in [9.17, 15) is 14.0 Å². The highest BCUT2D eigenvalue weighted by Crippen LogP contribution is 2.30. The third kappa shape index (κ3) is 6.92. The molecule has 2 aromatic rings. The van der Waals surface area contributed by atoms with E-state index in [2.05, 4.69) is 10.1 Å². The highest BCUT2D eigenvalue weighted by Gasteiger charge is 2.24. The van der Waals surface area contributed by atoms with Crippen molar-refractivity contribution in [3.8, 4) is 11.3 Å². The molecule has 1 N–H and O–H groups in total. The molecule has 0 aliphatic heterocycles. The number of ether oxygens (including phenoxy) is 1. The Balaban J connectivity index is 1.81. The Morgan fingerprint density at radius 2 is 1.88 bits per heavy atom. The van der Waals surface area contributed by atoms with Crippen molar-refractivity contribution in [3.05, 3.63) is 64.5 Å². The summed E-state index contributed by atoms with van der Waals surface area (Å²) in [6.45, 7) is 3.75. The van der Waals surface area contributed by atoms with E-state index in [1.807, 2.05) is 30.3 Å². The van der Waals surface area contributed by atoms with Crippen LogP contribution in [0.2, 0.25) is 0 Å². The van der Waals surface area contributed by atoms with E-state index in [4.69, 9.17) is 9.84 Å². The lowest BCUT2D eigenvalue weighted by atomic mass is 9.82. The lowest BCUT2D eigenvalue weighted by molar-refractivity contribution is -0.142. The summed E-state index contributed by atoms with van der Waals surface area (Å²) in [5.41, 5.74) is 1.75. The van der Waals surface area contributed by atoms with Gasteiger partial charge in [0.15, 0.2) is 0 Å². The number of carbonyl (C=O) groups is 1. The number of halogens is 1. The van der Waals surface area contributed by atoms with Gasteiger partial charge in [-0.3, -0.25) is 0 Å². The smallest absolute Gasteiger partial charge is 0.364 e. The van der Waals surface area contributed by atoms with E-state index in [-0.39, 0.29) is 18.4 Å². The van der Waals surface area contributed by atoms with Crippen LogP contribution in [-0.2, 0) is 16.1 Å². The van der Waals surface area contributed by atoms with Gasteiger partial charge in [-0.05, 0) is 57.4 Å². The van der Waals surface area contributed by atoms with Gasteiger partial charge >= 0.3 is 11.7 Å². The normalized spacial score (nSPS) is 19.5. The Kier molecular flexibility index (Phi) is 8.65. The maximum absolute atomic E-state index is 13.6. The zero-order chi connectivity index (χ0) is 23.8. The zero-order valence-electron chi connectivity index (χ0n) is 19.0. The number of benzene rings is 1. The van der Waals surface area contributed by atoms with Crippen molar-refractivity contribution in [1.82, 2.24) is 14.8 Å². The largest absolute Gasteiger partial charge is 0.480 e. The van der Waals surface area contributed by atoms with Gasteiger partial charge in [0, 0.05) is 17.7 Å². The second-order valence-electron chi connectivity index (χ2n) is 8.41.